The summed E-state index contributed by atoms with van der Waals surface area (Å²) in [5.74, 6) is -0.0852. The summed E-state index contributed by atoms with van der Waals surface area (Å²) in [6, 6.07) is 0. The molecule has 2 N–H and O–H groups in total. The standard InChI is InChI=1S/C34H64N6O8/c1-33(2,3)36-16-11-19-47-21-23-48-22-20-46-18-10-15-35-29(41)12-9-13-30(42)39-17-14-27-31(32(45-8)28(24-39)44-7)37-38-40(27)25-34(4,5)26-43-6/h28,32,36H,9-26H2,1-8H3,(H,35,41)/t28-,32+/m0/s1. The summed E-state index contributed by atoms with van der Waals surface area (Å²) in [7, 11) is 4.92. The van der Waals surface area contributed by atoms with Crippen molar-refractivity contribution in [3.8, 4) is 0 Å². The van der Waals surface area contributed by atoms with Gasteiger partial charge in [0.15, 0.2) is 0 Å². The molecule has 2 heterocycles. The summed E-state index contributed by atoms with van der Waals surface area (Å²) in [4.78, 5) is 27.5. The van der Waals surface area contributed by atoms with E-state index in [2.05, 4.69) is 55.6 Å². The number of methoxy groups -OCH3 is 3. The van der Waals surface area contributed by atoms with Gasteiger partial charge in [0, 0.05) is 84.4 Å². The number of carbonyl (C=O) groups is 2. The first-order valence-corrected chi connectivity index (χ1v) is 17.4. The van der Waals surface area contributed by atoms with Gasteiger partial charge in [0.25, 0.3) is 0 Å². The zero-order chi connectivity index (χ0) is 35.4. The van der Waals surface area contributed by atoms with E-state index < -0.39 is 12.2 Å². The van der Waals surface area contributed by atoms with Gasteiger partial charge in [0.05, 0.1) is 45.3 Å². The second-order valence-corrected chi connectivity index (χ2v) is 14.1. The molecule has 14 heteroatoms. The van der Waals surface area contributed by atoms with Crippen LogP contribution in [0.2, 0.25) is 0 Å². The van der Waals surface area contributed by atoms with E-state index in [1.54, 1.807) is 26.2 Å². The summed E-state index contributed by atoms with van der Waals surface area (Å²) in [6.45, 7) is 17.6. The quantitative estimate of drug-likeness (QED) is 0.155. The maximum absolute atomic E-state index is 13.3. The number of carbonyl (C=O) groups excluding carboxylic acids is 2. The lowest BCUT2D eigenvalue weighted by Gasteiger charge is -2.33. The number of nitrogens with zero attached hydrogens (tertiary/aromatic N) is 4. The minimum absolute atomic E-state index is 0.0162. The molecule has 1 aliphatic rings. The van der Waals surface area contributed by atoms with Crippen molar-refractivity contribution in [2.24, 2.45) is 5.41 Å². The van der Waals surface area contributed by atoms with E-state index in [9.17, 15) is 9.59 Å². The van der Waals surface area contributed by atoms with Gasteiger partial charge >= 0.3 is 0 Å². The van der Waals surface area contributed by atoms with Gasteiger partial charge in [-0.3, -0.25) is 9.59 Å². The van der Waals surface area contributed by atoms with E-state index in [0.29, 0.717) is 85.1 Å². The summed E-state index contributed by atoms with van der Waals surface area (Å²) in [5, 5.41) is 15.2. The maximum atomic E-state index is 13.3. The zero-order valence-electron chi connectivity index (χ0n) is 30.9. The second kappa shape index (κ2) is 22.5. The van der Waals surface area contributed by atoms with Crippen LogP contribution in [0.15, 0.2) is 0 Å². The summed E-state index contributed by atoms with van der Waals surface area (Å²) >= 11 is 0. The molecule has 0 bridgehead atoms. The van der Waals surface area contributed by atoms with Gasteiger partial charge in [-0.15, -0.1) is 5.10 Å². The highest BCUT2D eigenvalue weighted by Crippen LogP contribution is 2.29. The van der Waals surface area contributed by atoms with E-state index >= 15 is 0 Å². The topological polar surface area (TPSA) is 148 Å². The number of amides is 2. The number of hydrogen-bond donors (Lipinski definition) is 2. The van der Waals surface area contributed by atoms with Gasteiger partial charge in [0.1, 0.15) is 17.9 Å². The fraction of sp³-hybridized carbons (Fsp3) is 0.882. The molecular formula is C34H64N6O8. The van der Waals surface area contributed by atoms with Crippen LogP contribution in [-0.2, 0) is 51.0 Å². The third-order valence-electron chi connectivity index (χ3n) is 7.96. The molecule has 1 aliphatic heterocycles. The van der Waals surface area contributed by atoms with Crippen LogP contribution < -0.4 is 10.6 Å². The van der Waals surface area contributed by atoms with Crippen LogP contribution in [0.1, 0.15) is 84.2 Å². The first kappa shape index (κ1) is 42.0. The van der Waals surface area contributed by atoms with Gasteiger partial charge in [-0.2, -0.15) is 0 Å². The minimum Gasteiger partial charge on any atom is -0.384 e. The van der Waals surface area contributed by atoms with Crippen molar-refractivity contribution in [2.45, 2.75) is 97.4 Å². The largest absolute Gasteiger partial charge is 0.384 e. The van der Waals surface area contributed by atoms with Crippen molar-refractivity contribution in [1.29, 1.82) is 0 Å². The molecule has 0 aliphatic carbocycles. The molecule has 0 radical (unpaired) electrons. The fourth-order valence-electron chi connectivity index (χ4n) is 5.53. The van der Waals surface area contributed by atoms with E-state index in [0.717, 1.165) is 31.0 Å². The Balaban J connectivity index is 1.62. The zero-order valence-corrected chi connectivity index (χ0v) is 30.9. The van der Waals surface area contributed by atoms with Crippen molar-refractivity contribution in [3.05, 3.63) is 11.4 Å². The van der Waals surface area contributed by atoms with Crippen molar-refractivity contribution in [2.75, 3.05) is 93.8 Å². The average molecular weight is 685 g/mol. The number of rotatable bonds is 24. The van der Waals surface area contributed by atoms with E-state index in [1.165, 1.54) is 0 Å². The highest BCUT2D eigenvalue weighted by Gasteiger charge is 2.35. The summed E-state index contributed by atoms with van der Waals surface area (Å²) in [5.41, 5.74) is 1.66. The van der Waals surface area contributed by atoms with Crippen molar-refractivity contribution in [3.63, 3.8) is 0 Å². The molecule has 14 nitrogen and oxygen atoms in total. The smallest absolute Gasteiger partial charge is 0.222 e. The first-order valence-electron chi connectivity index (χ1n) is 17.4. The highest BCUT2D eigenvalue weighted by atomic mass is 16.5. The summed E-state index contributed by atoms with van der Waals surface area (Å²) < 4.78 is 35.6. The molecule has 2 atom stereocenters. The molecule has 278 valence electrons. The van der Waals surface area contributed by atoms with Gasteiger partial charge in [-0.25, -0.2) is 4.68 Å². The Bertz CT molecular complexity index is 1050. The minimum atomic E-state index is -0.460. The third kappa shape index (κ3) is 16.5. The number of nitrogens with one attached hydrogen (secondary N) is 2. The van der Waals surface area contributed by atoms with Crippen molar-refractivity contribution >= 4 is 11.8 Å². The lowest BCUT2D eigenvalue weighted by molar-refractivity contribution is -0.135. The molecule has 48 heavy (non-hydrogen) atoms. The molecule has 1 aromatic heterocycles. The number of hydrogen-bond acceptors (Lipinski definition) is 11. The third-order valence-corrected chi connectivity index (χ3v) is 7.96. The highest BCUT2D eigenvalue weighted by molar-refractivity contribution is 5.79. The van der Waals surface area contributed by atoms with Gasteiger partial charge in [0.2, 0.25) is 11.8 Å². The SMILES string of the molecule is COCC(C)(C)Cn1nnc2c1CCN(C(=O)CCCC(=O)NCCCOCCOCCOCCCNC(C)(C)C)C[C@H](OC)[C@H]2OC. The van der Waals surface area contributed by atoms with Crippen LogP contribution in [0.5, 0.6) is 0 Å². The number of aromatic nitrogens is 3. The van der Waals surface area contributed by atoms with Gasteiger partial charge < -0.3 is 44.0 Å². The monoisotopic (exact) mass is 684 g/mol. The first-order chi connectivity index (χ1) is 22.9. The Hall–Kier alpha value is -2.20. The van der Waals surface area contributed by atoms with E-state index in [1.807, 2.05) is 4.68 Å². The lowest BCUT2D eigenvalue weighted by atomic mass is 9.94. The average Bonchev–Trinajstić information content (AvgIpc) is 3.38. The number of fused-ring (bicyclic) bond motifs is 1. The molecule has 1 aromatic rings. The Labute approximate surface area is 288 Å². The predicted octanol–water partition coefficient (Wildman–Crippen LogP) is 2.54. The molecule has 0 aromatic carbocycles. The van der Waals surface area contributed by atoms with Crippen LogP contribution in [0.4, 0.5) is 0 Å². The van der Waals surface area contributed by atoms with Crippen LogP contribution in [0, 0.1) is 5.41 Å². The molecule has 0 unspecified atom stereocenters. The van der Waals surface area contributed by atoms with Crippen LogP contribution in [-0.4, -0.2) is 137 Å². The molecule has 2 rings (SSSR count). The second-order valence-electron chi connectivity index (χ2n) is 14.1. The molecule has 0 saturated heterocycles. The predicted molar refractivity (Wildman–Crippen MR) is 183 cm³/mol. The van der Waals surface area contributed by atoms with Crippen LogP contribution in [0.3, 0.4) is 0 Å². The van der Waals surface area contributed by atoms with Gasteiger partial charge in [-0.05, 0) is 46.6 Å². The van der Waals surface area contributed by atoms with Gasteiger partial charge in [-0.1, -0.05) is 19.1 Å². The Morgan fingerprint density at radius 1 is 0.854 bits per heavy atom. The van der Waals surface area contributed by atoms with E-state index in [-0.39, 0.29) is 35.6 Å². The molecule has 0 saturated carbocycles. The van der Waals surface area contributed by atoms with Crippen molar-refractivity contribution < 1.29 is 38.0 Å². The normalized spacial score (nSPS) is 17.2. The van der Waals surface area contributed by atoms with E-state index in [4.69, 9.17) is 28.4 Å². The molecule has 0 spiro atoms. The lowest BCUT2D eigenvalue weighted by Crippen LogP contribution is -2.44. The molecular weight excluding hydrogens is 620 g/mol. The van der Waals surface area contributed by atoms with Crippen LogP contribution >= 0.6 is 0 Å². The maximum Gasteiger partial charge on any atom is 0.222 e. The Morgan fingerprint density at radius 2 is 1.50 bits per heavy atom. The molecule has 0 fully saturated rings. The number of ether oxygens (including phenoxy) is 6. The Kier molecular flexibility index (Phi) is 19.7. The van der Waals surface area contributed by atoms with Crippen LogP contribution in [0.25, 0.3) is 0 Å². The Morgan fingerprint density at radius 3 is 2.10 bits per heavy atom. The van der Waals surface area contributed by atoms with Crippen molar-refractivity contribution in [1.82, 2.24) is 30.5 Å². The summed E-state index contributed by atoms with van der Waals surface area (Å²) in [6.07, 6.45) is 2.43. The molecule has 2 amide bonds. The fourth-order valence-corrected chi connectivity index (χ4v) is 5.53.